The monoisotopic (exact) mass is 330 g/mol. The molecule has 7 nitrogen and oxygen atoms in total. The van der Waals surface area contributed by atoms with E-state index in [1.165, 1.54) is 0 Å². The summed E-state index contributed by atoms with van der Waals surface area (Å²) in [4.78, 5) is 14.6. The van der Waals surface area contributed by atoms with E-state index in [1.54, 1.807) is 9.58 Å². The summed E-state index contributed by atoms with van der Waals surface area (Å²) in [5.74, 6) is 0.179. The summed E-state index contributed by atoms with van der Waals surface area (Å²) in [6.45, 7) is 6.94. The molecule has 2 aromatic rings. The topological polar surface area (TPSA) is 79.7 Å². The lowest BCUT2D eigenvalue weighted by Gasteiger charge is -2.26. The van der Waals surface area contributed by atoms with Gasteiger partial charge in [0.15, 0.2) is 0 Å². The molecule has 1 aliphatic carbocycles. The van der Waals surface area contributed by atoms with Crippen molar-refractivity contribution < 1.29 is 4.79 Å². The maximum Gasteiger partial charge on any atom is 0.226 e. The lowest BCUT2D eigenvalue weighted by molar-refractivity contribution is -0.135. The summed E-state index contributed by atoms with van der Waals surface area (Å²) < 4.78 is 1.79. The van der Waals surface area contributed by atoms with E-state index in [-0.39, 0.29) is 17.2 Å². The molecule has 0 spiro atoms. The van der Waals surface area contributed by atoms with Crippen LogP contribution in [0.3, 0.4) is 0 Å². The molecule has 1 N–H and O–H groups in total. The zero-order valence-corrected chi connectivity index (χ0v) is 15.1. The van der Waals surface area contributed by atoms with Crippen molar-refractivity contribution in [3.05, 3.63) is 28.8 Å². The molecule has 2 aromatic heterocycles. The zero-order chi connectivity index (χ0) is 17.5. The first-order valence-corrected chi connectivity index (χ1v) is 8.43. The maximum atomic E-state index is 12.8. The number of aromatic nitrogens is 5. The average molecular weight is 330 g/mol. The second kappa shape index (κ2) is 6.03. The Hall–Kier alpha value is -2.18. The third-order valence-electron chi connectivity index (χ3n) is 4.73. The predicted molar refractivity (Wildman–Crippen MR) is 90.3 cm³/mol. The molecule has 1 unspecified atom stereocenters. The fraction of sp³-hybridized carbons (Fsp3) is 0.647. The molecule has 0 bridgehead atoms. The third-order valence-corrected chi connectivity index (χ3v) is 4.73. The molecule has 0 fully saturated rings. The number of rotatable bonds is 3. The van der Waals surface area contributed by atoms with Crippen LogP contribution in [0, 0.1) is 5.92 Å². The normalized spacial score (nSPS) is 17.6. The summed E-state index contributed by atoms with van der Waals surface area (Å²) in [6, 6.07) is 2.05. The minimum atomic E-state index is 0.00360. The standard InChI is InChI=1S/C17H26N6O/c1-17(2,3)15-9-12(18-20-15)10-22(4)16(24)11-6-7-13-14(8-11)23(5)21-19-13/h9,11H,6-8,10H2,1-5H3,(H,18,20). The fourth-order valence-corrected chi connectivity index (χ4v) is 3.19. The molecule has 2 heterocycles. The van der Waals surface area contributed by atoms with Crippen molar-refractivity contribution in [2.24, 2.45) is 13.0 Å². The molecule has 0 aromatic carbocycles. The van der Waals surface area contributed by atoms with Crippen LogP contribution >= 0.6 is 0 Å². The van der Waals surface area contributed by atoms with Crippen LogP contribution in [0.5, 0.6) is 0 Å². The molecule has 1 aliphatic rings. The van der Waals surface area contributed by atoms with Gasteiger partial charge in [-0.25, -0.2) is 0 Å². The molecule has 1 atom stereocenters. The van der Waals surface area contributed by atoms with Gasteiger partial charge in [-0.15, -0.1) is 5.10 Å². The van der Waals surface area contributed by atoms with Crippen molar-refractivity contribution in [1.82, 2.24) is 30.1 Å². The molecule has 0 saturated carbocycles. The molecule has 0 saturated heterocycles. The largest absolute Gasteiger partial charge is 0.340 e. The quantitative estimate of drug-likeness (QED) is 0.927. The Balaban J connectivity index is 1.65. The summed E-state index contributed by atoms with van der Waals surface area (Å²) in [7, 11) is 3.75. The van der Waals surface area contributed by atoms with Gasteiger partial charge in [0, 0.05) is 31.8 Å². The highest BCUT2D eigenvalue weighted by Gasteiger charge is 2.30. The molecule has 3 rings (SSSR count). The van der Waals surface area contributed by atoms with Gasteiger partial charge in [0.2, 0.25) is 5.91 Å². The Morgan fingerprint density at radius 2 is 2.21 bits per heavy atom. The highest BCUT2D eigenvalue weighted by atomic mass is 16.2. The van der Waals surface area contributed by atoms with Gasteiger partial charge in [-0.05, 0) is 18.9 Å². The van der Waals surface area contributed by atoms with E-state index < -0.39 is 0 Å². The van der Waals surface area contributed by atoms with Crippen molar-refractivity contribution >= 4 is 5.91 Å². The smallest absolute Gasteiger partial charge is 0.226 e. The van der Waals surface area contributed by atoms with Gasteiger partial charge in [-0.3, -0.25) is 14.6 Å². The number of amides is 1. The van der Waals surface area contributed by atoms with Crippen LogP contribution in [0.25, 0.3) is 0 Å². The number of nitrogens with zero attached hydrogens (tertiary/aromatic N) is 5. The number of aryl methyl sites for hydroxylation is 2. The Morgan fingerprint density at radius 3 is 2.88 bits per heavy atom. The number of carbonyl (C=O) groups excluding carboxylic acids is 1. The minimum Gasteiger partial charge on any atom is -0.340 e. The Kier molecular flexibility index (Phi) is 4.19. The Morgan fingerprint density at radius 1 is 1.46 bits per heavy atom. The van der Waals surface area contributed by atoms with Crippen molar-refractivity contribution in [2.45, 2.75) is 52.0 Å². The first-order valence-electron chi connectivity index (χ1n) is 8.43. The van der Waals surface area contributed by atoms with Crippen LogP contribution in [0.4, 0.5) is 0 Å². The number of fused-ring (bicyclic) bond motifs is 1. The third kappa shape index (κ3) is 3.20. The first kappa shape index (κ1) is 16.7. The summed E-state index contributed by atoms with van der Waals surface area (Å²) in [5.41, 5.74) is 4.11. The van der Waals surface area contributed by atoms with E-state index in [0.717, 1.165) is 42.0 Å². The minimum absolute atomic E-state index is 0.00360. The van der Waals surface area contributed by atoms with Gasteiger partial charge in [0.05, 0.1) is 29.3 Å². The van der Waals surface area contributed by atoms with Crippen molar-refractivity contribution in [1.29, 1.82) is 0 Å². The number of carbonyl (C=O) groups is 1. The number of hydrogen-bond acceptors (Lipinski definition) is 4. The number of H-pyrrole nitrogens is 1. The molecule has 7 heteroatoms. The van der Waals surface area contributed by atoms with Crippen LogP contribution in [0.15, 0.2) is 6.07 Å². The van der Waals surface area contributed by atoms with Crippen LogP contribution in [0.1, 0.15) is 50.0 Å². The van der Waals surface area contributed by atoms with E-state index in [9.17, 15) is 4.79 Å². The zero-order valence-electron chi connectivity index (χ0n) is 15.1. The Bertz CT molecular complexity index is 739. The van der Waals surface area contributed by atoms with Gasteiger partial charge in [-0.1, -0.05) is 26.0 Å². The fourth-order valence-electron chi connectivity index (χ4n) is 3.19. The molecule has 130 valence electrons. The van der Waals surface area contributed by atoms with Gasteiger partial charge in [-0.2, -0.15) is 5.10 Å². The lowest BCUT2D eigenvalue weighted by Crippen LogP contribution is -2.35. The van der Waals surface area contributed by atoms with E-state index in [4.69, 9.17) is 0 Å². The number of nitrogens with one attached hydrogen (secondary N) is 1. The van der Waals surface area contributed by atoms with Crippen LogP contribution < -0.4 is 0 Å². The maximum absolute atomic E-state index is 12.8. The van der Waals surface area contributed by atoms with E-state index in [0.29, 0.717) is 6.54 Å². The molecular weight excluding hydrogens is 304 g/mol. The first-order chi connectivity index (χ1) is 11.3. The lowest BCUT2D eigenvalue weighted by atomic mass is 9.88. The molecule has 0 aliphatic heterocycles. The average Bonchev–Trinajstić information content (AvgIpc) is 3.13. The second-order valence-electron chi connectivity index (χ2n) is 7.77. The predicted octanol–water partition coefficient (Wildman–Crippen LogP) is 1.60. The number of hydrogen-bond donors (Lipinski definition) is 1. The van der Waals surface area contributed by atoms with Crippen LogP contribution in [-0.4, -0.2) is 43.0 Å². The molecule has 0 radical (unpaired) electrons. The van der Waals surface area contributed by atoms with Gasteiger partial charge in [0.25, 0.3) is 0 Å². The molecular formula is C17H26N6O. The van der Waals surface area contributed by atoms with Crippen LogP contribution in [0.2, 0.25) is 0 Å². The second-order valence-corrected chi connectivity index (χ2v) is 7.77. The molecule has 24 heavy (non-hydrogen) atoms. The van der Waals surface area contributed by atoms with Gasteiger partial charge >= 0.3 is 0 Å². The molecule has 1 amide bonds. The summed E-state index contributed by atoms with van der Waals surface area (Å²) in [6.07, 6.45) is 2.38. The van der Waals surface area contributed by atoms with E-state index in [1.807, 2.05) is 20.2 Å². The van der Waals surface area contributed by atoms with Crippen molar-refractivity contribution in [3.63, 3.8) is 0 Å². The highest BCUT2D eigenvalue weighted by molar-refractivity contribution is 5.79. The van der Waals surface area contributed by atoms with E-state index >= 15 is 0 Å². The SMILES string of the molecule is CN(Cc1cc(C(C)(C)C)n[nH]1)C(=O)C1CCc2nnn(C)c2C1. The highest BCUT2D eigenvalue weighted by Crippen LogP contribution is 2.25. The van der Waals surface area contributed by atoms with Crippen molar-refractivity contribution in [3.8, 4) is 0 Å². The van der Waals surface area contributed by atoms with Crippen LogP contribution in [-0.2, 0) is 36.6 Å². The van der Waals surface area contributed by atoms with E-state index in [2.05, 4.69) is 41.3 Å². The summed E-state index contributed by atoms with van der Waals surface area (Å²) in [5, 5.41) is 15.6. The Labute approximate surface area is 142 Å². The van der Waals surface area contributed by atoms with Gasteiger partial charge < -0.3 is 4.90 Å². The van der Waals surface area contributed by atoms with Crippen molar-refractivity contribution in [2.75, 3.05) is 7.05 Å². The van der Waals surface area contributed by atoms with Gasteiger partial charge in [0.1, 0.15) is 0 Å². The number of aromatic amines is 1. The summed E-state index contributed by atoms with van der Waals surface area (Å²) >= 11 is 0.